The molecule has 32 heavy (non-hydrogen) atoms. The molecule has 9 heteroatoms. The van der Waals surface area contributed by atoms with E-state index in [1.807, 2.05) is 42.5 Å². The quantitative estimate of drug-likeness (QED) is 0.207. The van der Waals surface area contributed by atoms with E-state index in [0.717, 1.165) is 27.0 Å². The Balaban J connectivity index is 1.59. The van der Waals surface area contributed by atoms with Crippen molar-refractivity contribution in [2.45, 2.75) is 0 Å². The van der Waals surface area contributed by atoms with E-state index in [1.54, 1.807) is 30.5 Å². The van der Waals surface area contributed by atoms with Crippen LogP contribution in [0.4, 0.5) is 5.69 Å². The zero-order valence-corrected chi connectivity index (χ0v) is 17.9. The number of hydrogen-bond acceptors (Lipinski definition) is 7. The number of nitro groups is 1. The number of rotatable bonds is 5. The van der Waals surface area contributed by atoms with Gasteiger partial charge in [0.15, 0.2) is 5.75 Å². The van der Waals surface area contributed by atoms with Crippen LogP contribution < -0.4 is 9.47 Å². The Morgan fingerprint density at radius 3 is 2.31 bits per heavy atom. The van der Waals surface area contributed by atoms with Crippen LogP contribution in [0, 0.1) is 10.1 Å². The van der Waals surface area contributed by atoms with Gasteiger partial charge in [-0.2, -0.15) is 9.97 Å². The van der Waals surface area contributed by atoms with E-state index in [4.69, 9.17) is 9.47 Å². The molecule has 0 radical (unpaired) electrons. The first-order valence-corrected chi connectivity index (χ1v) is 10.3. The van der Waals surface area contributed by atoms with Gasteiger partial charge in [0, 0.05) is 21.4 Å². The van der Waals surface area contributed by atoms with Crippen LogP contribution in [0.2, 0.25) is 0 Å². The smallest absolute Gasteiger partial charge is 0.393 e. The van der Waals surface area contributed by atoms with Gasteiger partial charge in [0.25, 0.3) is 0 Å². The number of benzene rings is 3. The van der Waals surface area contributed by atoms with Crippen LogP contribution in [-0.2, 0) is 0 Å². The molecule has 0 fully saturated rings. The van der Waals surface area contributed by atoms with Gasteiger partial charge in [0.05, 0.1) is 4.92 Å². The first-order valence-electron chi connectivity index (χ1n) is 9.48. The molecule has 0 saturated carbocycles. The first-order chi connectivity index (χ1) is 15.6. The van der Waals surface area contributed by atoms with Crippen molar-refractivity contribution in [3.8, 4) is 23.3 Å². The number of fused-ring (bicyclic) bond motifs is 2. The Bertz CT molecular complexity index is 1490. The lowest BCUT2D eigenvalue weighted by Gasteiger charge is -2.11. The fraction of sp³-hybridized carbons (Fsp3) is 0. The lowest BCUT2D eigenvalue weighted by Crippen LogP contribution is -2.01. The van der Waals surface area contributed by atoms with Gasteiger partial charge >= 0.3 is 17.4 Å². The highest BCUT2D eigenvalue weighted by Crippen LogP contribution is 2.41. The zero-order chi connectivity index (χ0) is 22.1. The molecule has 8 nitrogen and oxygen atoms in total. The molecular weight excluding hydrogens is 476 g/mol. The van der Waals surface area contributed by atoms with Crippen molar-refractivity contribution in [3.05, 3.63) is 93.8 Å². The highest BCUT2D eigenvalue weighted by atomic mass is 79.9. The predicted octanol–water partition coefficient (Wildman–Crippen LogP) is 6.43. The normalized spacial score (nSPS) is 10.9. The Morgan fingerprint density at radius 2 is 1.50 bits per heavy atom. The van der Waals surface area contributed by atoms with E-state index in [9.17, 15) is 10.1 Å². The van der Waals surface area contributed by atoms with Crippen molar-refractivity contribution in [1.29, 1.82) is 0 Å². The average molecular weight is 489 g/mol. The van der Waals surface area contributed by atoms with Gasteiger partial charge < -0.3 is 9.47 Å². The van der Waals surface area contributed by atoms with E-state index in [0.29, 0.717) is 17.0 Å². The monoisotopic (exact) mass is 488 g/mol. The third-order valence-electron chi connectivity index (χ3n) is 4.78. The minimum atomic E-state index is -0.621. The van der Waals surface area contributed by atoms with Gasteiger partial charge in [-0.3, -0.25) is 15.1 Å². The molecule has 0 saturated heterocycles. The van der Waals surface area contributed by atoms with E-state index >= 15 is 0 Å². The summed E-state index contributed by atoms with van der Waals surface area (Å²) in [6.45, 7) is 0. The number of aromatic nitrogens is 3. The SMILES string of the molecule is O=[N+]([O-])c1c(Oc2cccc3ccccc23)ncnc1Oc1ccc(Br)c2cccnc12. The number of nitrogens with zero attached hydrogens (tertiary/aromatic N) is 4. The number of hydrogen-bond donors (Lipinski definition) is 0. The Hall–Kier alpha value is -4.11. The van der Waals surface area contributed by atoms with Gasteiger partial charge in [-0.05, 0) is 29.7 Å². The molecule has 5 aromatic rings. The van der Waals surface area contributed by atoms with Crippen LogP contribution in [0.3, 0.4) is 0 Å². The summed E-state index contributed by atoms with van der Waals surface area (Å²) in [5, 5.41) is 14.5. The molecule has 0 aliphatic carbocycles. The molecule has 0 aliphatic heterocycles. The summed E-state index contributed by atoms with van der Waals surface area (Å²) in [5.74, 6) is 0.300. The van der Waals surface area contributed by atoms with E-state index in [2.05, 4.69) is 30.9 Å². The van der Waals surface area contributed by atoms with Crippen LogP contribution in [-0.4, -0.2) is 19.9 Å². The maximum Gasteiger partial charge on any atom is 0.393 e. The van der Waals surface area contributed by atoms with Crippen LogP contribution >= 0.6 is 15.9 Å². The van der Waals surface area contributed by atoms with E-state index in [-0.39, 0.29) is 11.8 Å². The maximum absolute atomic E-state index is 11.9. The van der Waals surface area contributed by atoms with Crippen molar-refractivity contribution in [1.82, 2.24) is 15.0 Å². The maximum atomic E-state index is 11.9. The standard InChI is InChI=1S/C23H13BrN4O4/c24-17-10-11-19(20-16(17)8-4-12-25-20)32-23-21(28(29)30)22(26-13-27-23)31-18-9-3-6-14-5-1-2-7-15(14)18/h1-13H. The average Bonchev–Trinajstić information content (AvgIpc) is 2.81. The summed E-state index contributed by atoms with van der Waals surface area (Å²) in [4.78, 5) is 23.7. The van der Waals surface area contributed by atoms with E-state index < -0.39 is 10.6 Å². The summed E-state index contributed by atoms with van der Waals surface area (Å²) in [5.41, 5.74) is 0.0544. The van der Waals surface area contributed by atoms with Gasteiger partial charge in [0.2, 0.25) is 0 Å². The molecule has 5 rings (SSSR count). The molecule has 0 N–H and O–H groups in total. The lowest BCUT2D eigenvalue weighted by molar-refractivity contribution is -0.387. The second kappa shape index (κ2) is 8.20. The molecular formula is C23H13BrN4O4. The largest absolute Gasteiger partial charge is 0.433 e. The molecule has 2 heterocycles. The van der Waals surface area contributed by atoms with Crippen molar-refractivity contribution >= 4 is 43.3 Å². The number of halogens is 1. The predicted molar refractivity (Wildman–Crippen MR) is 122 cm³/mol. The first kappa shape index (κ1) is 19.8. The van der Waals surface area contributed by atoms with Crippen molar-refractivity contribution in [2.24, 2.45) is 0 Å². The second-order valence-electron chi connectivity index (χ2n) is 6.72. The molecule has 2 aromatic heterocycles. The molecule has 0 amide bonds. The lowest BCUT2D eigenvalue weighted by atomic mass is 10.1. The van der Waals surface area contributed by atoms with Crippen LogP contribution in [0.25, 0.3) is 21.7 Å². The minimum Gasteiger partial charge on any atom is -0.433 e. The van der Waals surface area contributed by atoms with Crippen LogP contribution in [0.5, 0.6) is 23.3 Å². The Labute approximate surface area is 189 Å². The summed E-state index contributed by atoms with van der Waals surface area (Å²) in [7, 11) is 0. The zero-order valence-electron chi connectivity index (χ0n) is 16.3. The van der Waals surface area contributed by atoms with Crippen molar-refractivity contribution in [2.75, 3.05) is 0 Å². The van der Waals surface area contributed by atoms with Gasteiger partial charge in [0.1, 0.15) is 17.6 Å². The summed E-state index contributed by atoms with van der Waals surface area (Å²) in [6, 6.07) is 20.1. The number of pyridine rings is 1. The minimum absolute atomic E-state index is 0.217. The van der Waals surface area contributed by atoms with Crippen LogP contribution in [0.1, 0.15) is 0 Å². The van der Waals surface area contributed by atoms with E-state index in [1.165, 1.54) is 0 Å². The van der Waals surface area contributed by atoms with Gasteiger partial charge in [-0.25, -0.2) is 0 Å². The Kier molecular flexibility index (Phi) is 5.08. The molecule has 0 bridgehead atoms. The molecule has 156 valence electrons. The fourth-order valence-corrected chi connectivity index (χ4v) is 3.79. The second-order valence-corrected chi connectivity index (χ2v) is 7.57. The van der Waals surface area contributed by atoms with Crippen molar-refractivity contribution < 1.29 is 14.4 Å². The molecule has 0 unspecified atom stereocenters. The third kappa shape index (κ3) is 3.58. The van der Waals surface area contributed by atoms with Gasteiger partial charge in [-0.1, -0.05) is 58.4 Å². The molecule has 0 atom stereocenters. The Morgan fingerprint density at radius 1 is 0.781 bits per heavy atom. The summed E-state index contributed by atoms with van der Waals surface area (Å²) >= 11 is 3.47. The van der Waals surface area contributed by atoms with Crippen LogP contribution in [0.15, 0.2) is 83.7 Å². The molecule has 0 aliphatic rings. The summed E-state index contributed by atoms with van der Waals surface area (Å²) in [6.07, 6.45) is 2.78. The number of ether oxygens (including phenoxy) is 2. The highest BCUT2D eigenvalue weighted by Gasteiger charge is 2.28. The highest BCUT2D eigenvalue weighted by molar-refractivity contribution is 9.10. The summed E-state index contributed by atoms with van der Waals surface area (Å²) < 4.78 is 12.5. The third-order valence-corrected chi connectivity index (χ3v) is 5.47. The van der Waals surface area contributed by atoms with Gasteiger partial charge in [-0.15, -0.1) is 0 Å². The molecule has 3 aromatic carbocycles. The molecule has 0 spiro atoms. The van der Waals surface area contributed by atoms with Crippen molar-refractivity contribution in [3.63, 3.8) is 0 Å². The fourth-order valence-electron chi connectivity index (χ4n) is 3.34. The topological polar surface area (TPSA) is 100 Å².